The van der Waals surface area contributed by atoms with Gasteiger partial charge in [0.25, 0.3) is 0 Å². The summed E-state index contributed by atoms with van der Waals surface area (Å²) in [6, 6.07) is 7.01. The van der Waals surface area contributed by atoms with Crippen molar-refractivity contribution < 1.29 is 13.9 Å². The number of benzene rings is 1. The molecule has 0 spiro atoms. The average Bonchev–Trinajstić information content (AvgIpc) is 2.89. The van der Waals surface area contributed by atoms with E-state index in [0.717, 1.165) is 34.4 Å². The molecule has 0 aliphatic carbocycles. The Bertz CT molecular complexity index is 1090. The van der Waals surface area contributed by atoms with Crippen LogP contribution in [0.1, 0.15) is 48.3 Å². The molecule has 1 aromatic carbocycles. The van der Waals surface area contributed by atoms with Gasteiger partial charge in [-0.15, -0.1) is 0 Å². The van der Waals surface area contributed by atoms with Crippen LogP contribution in [0.5, 0.6) is 0 Å². The van der Waals surface area contributed by atoms with E-state index < -0.39 is 5.63 Å². The molecule has 0 radical (unpaired) electrons. The van der Waals surface area contributed by atoms with Crippen molar-refractivity contribution >= 4 is 16.9 Å². The van der Waals surface area contributed by atoms with Crippen molar-refractivity contribution in [1.82, 2.24) is 9.78 Å². The van der Waals surface area contributed by atoms with E-state index in [1.54, 1.807) is 0 Å². The van der Waals surface area contributed by atoms with Crippen LogP contribution in [0.3, 0.4) is 0 Å². The van der Waals surface area contributed by atoms with Gasteiger partial charge in [0.2, 0.25) is 0 Å². The van der Waals surface area contributed by atoms with Gasteiger partial charge in [-0.05, 0) is 50.3 Å². The molecule has 0 saturated carbocycles. The second-order valence-electron chi connectivity index (χ2n) is 7.98. The normalized spacial score (nSPS) is 11.4. The third kappa shape index (κ3) is 4.94. The molecule has 0 aliphatic heterocycles. The average molecular weight is 396 g/mol. The maximum Gasteiger partial charge on any atom is 0.336 e. The number of carbonyl (C=O) groups is 1. The monoisotopic (exact) mass is 396 g/mol. The first kappa shape index (κ1) is 20.8. The van der Waals surface area contributed by atoms with Gasteiger partial charge in [0.1, 0.15) is 12.2 Å². The van der Waals surface area contributed by atoms with Gasteiger partial charge >= 0.3 is 11.6 Å². The van der Waals surface area contributed by atoms with Crippen LogP contribution < -0.4 is 5.63 Å². The van der Waals surface area contributed by atoms with Gasteiger partial charge in [0.15, 0.2) is 0 Å². The third-order valence-corrected chi connectivity index (χ3v) is 5.02. The van der Waals surface area contributed by atoms with Crippen molar-refractivity contribution in [1.29, 1.82) is 0 Å². The van der Waals surface area contributed by atoms with E-state index in [4.69, 9.17) is 9.15 Å². The molecule has 0 N–H and O–H groups in total. The SMILES string of the molecule is Cc1ccc2c(COC(=O)CCc3c(C)nn(CC(C)C)c3C)cc(=O)oc2c1. The quantitative estimate of drug-likeness (QED) is 0.441. The number of hydrogen-bond acceptors (Lipinski definition) is 5. The molecule has 6 nitrogen and oxygen atoms in total. The zero-order valence-corrected chi connectivity index (χ0v) is 17.7. The van der Waals surface area contributed by atoms with E-state index in [9.17, 15) is 9.59 Å². The number of nitrogens with zero attached hydrogens (tertiary/aromatic N) is 2. The number of fused-ring (bicyclic) bond motifs is 1. The summed E-state index contributed by atoms with van der Waals surface area (Å²) in [6.45, 7) is 11.2. The molecule has 0 unspecified atom stereocenters. The van der Waals surface area contributed by atoms with Crippen LogP contribution in [-0.2, 0) is 29.1 Å². The fraction of sp³-hybridized carbons (Fsp3) is 0.435. The molecule has 29 heavy (non-hydrogen) atoms. The van der Waals surface area contributed by atoms with Gasteiger partial charge in [-0.2, -0.15) is 5.10 Å². The Morgan fingerprint density at radius 3 is 2.69 bits per heavy atom. The predicted octanol–water partition coefficient (Wildman–Crippen LogP) is 4.25. The van der Waals surface area contributed by atoms with Crippen molar-refractivity contribution in [2.75, 3.05) is 0 Å². The van der Waals surface area contributed by atoms with Crippen LogP contribution in [0.2, 0.25) is 0 Å². The molecule has 0 fully saturated rings. The summed E-state index contributed by atoms with van der Waals surface area (Å²) in [5.74, 6) is 0.210. The standard InChI is InChI=1S/C23H28N2O4/c1-14(2)12-25-17(5)19(16(4)24-25)8-9-22(26)28-13-18-11-23(27)29-21-10-15(3)6-7-20(18)21/h6-7,10-11,14H,8-9,12-13H2,1-5H3. The maximum atomic E-state index is 12.3. The van der Waals surface area contributed by atoms with Crippen molar-refractivity contribution in [2.24, 2.45) is 5.92 Å². The summed E-state index contributed by atoms with van der Waals surface area (Å²) >= 11 is 0. The summed E-state index contributed by atoms with van der Waals surface area (Å²) in [6.07, 6.45) is 0.860. The molecule has 154 valence electrons. The van der Waals surface area contributed by atoms with Crippen LogP contribution >= 0.6 is 0 Å². The second kappa shape index (κ2) is 8.64. The van der Waals surface area contributed by atoms with Crippen LogP contribution in [-0.4, -0.2) is 15.7 Å². The third-order valence-electron chi connectivity index (χ3n) is 5.02. The van der Waals surface area contributed by atoms with E-state index in [0.29, 0.717) is 23.5 Å². The first-order valence-corrected chi connectivity index (χ1v) is 9.96. The van der Waals surface area contributed by atoms with Crippen LogP contribution in [0, 0.1) is 26.7 Å². The van der Waals surface area contributed by atoms with Crippen LogP contribution in [0.15, 0.2) is 33.5 Å². The van der Waals surface area contributed by atoms with Crippen molar-refractivity contribution in [3.8, 4) is 0 Å². The number of hydrogen-bond donors (Lipinski definition) is 0. The molecular formula is C23H28N2O4. The minimum atomic E-state index is -0.446. The highest BCUT2D eigenvalue weighted by Crippen LogP contribution is 2.20. The molecule has 0 amide bonds. The lowest BCUT2D eigenvalue weighted by atomic mass is 10.1. The smallest absolute Gasteiger partial charge is 0.336 e. The Balaban J connectivity index is 1.65. The van der Waals surface area contributed by atoms with E-state index in [1.165, 1.54) is 6.07 Å². The van der Waals surface area contributed by atoms with Gasteiger partial charge in [-0.1, -0.05) is 26.0 Å². The van der Waals surface area contributed by atoms with Crippen molar-refractivity contribution in [3.63, 3.8) is 0 Å². The zero-order chi connectivity index (χ0) is 21.1. The van der Waals surface area contributed by atoms with Gasteiger partial charge < -0.3 is 9.15 Å². The summed E-state index contributed by atoms with van der Waals surface area (Å²) in [4.78, 5) is 24.1. The molecule has 0 bridgehead atoms. The van der Waals surface area contributed by atoms with Crippen LogP contribution in [0.25, 0.3) is 11.0 Å². The molecule has 3 aromatic rings. The number of aryl methyl sites for hydroxylation is 2. The lowest BCUT2D eigenvalue weighted by molar-refractivity contribution is -0.144. The summed E-state index contributed by atoms with van der Waals surface area (Å²) in [7, 11) is 0. The summed E-state index contributed by atoms with van der Waals surface area (Å²) in [5, 5.41) is 5.37. The Morgan fingerprint density at radius 1 is 1.21 bits per heavy atom. The molecular weight excluding hydrogens is 368 g/mol. The second-order valence-corrected chi connectivity index (χ2v) is 7.98. The number of rotatable bonds is 7. The van der Waals surface area contributed by atoms with E-state index in [-0.39, 0.29) is 19.0 Å². The van der Waals surface area contributed by atoms with Gasteiger partial charge in [0.05, 0.1) is 5.69 Å². The lowest BCUT2D eigenvalue weighted by Gasteiger charge is -2.09. The number of carbonyl (C=O) groups excluding carboxylic acids is 1. The zero-order valence-electron chi connectivity index (χ0n) is 17.7. The maximum absolute atomic E-state index is 12.3. The van der Waals surface area contributed by atoms with E-state index >= 15 is 0 Å². The Hall–Kier alpha value is -2.89. The van der Waals surface area contributed by atoms with Crippen LogP contribution in [0.4, 0.5) is 0 Å². The molecule has 3 rings (SSSR count). The van der Waals surface area contributed by atoms with Crippen molar-refractivity contribution in [3.05, 3.63) is 62.8 Å². The summed E-state index contributed by atoms with van der Waals surface area (Å²) < 4.78 is 12.7. The van der Waals surface area contributed by atoms with Gasteiger partial charge in [0, 0.05) is 35.7 Å². The number of ether oxygens (including phenoxy) is 1. The fourth-order valence-corrected chi connectivity index (χ4v) is 3.53. The molecule has 0 atom stereocenters. The minimum absolute atomic E-state index is 0.0502. The summed E-state index contributed by atoms with van der Waals surface area (Å²) in [5.41, 5.74) is 4.87. The molecule has 2 heterocycles. The minimum Gasteiger partial charge on any atom is -0.461 e. The van der Waals surface area contributed by atoms with Crippen molar-refractivity contribution in [2.45, 2.75) is 60.6 Å². The molecule has 0 saturated heterocycles. The fourth-order valence-electron chi connectivity index (χ4n) is 3.53. The van der Waals surface area contributed by atoms with E-state index in [1.807, 2.05) is 43.7 Å². The first-order chi connectivity index (χ1) is 13.7. The highest BCUT2D eigenvalue weighted by molar-refractivity contribution is 5.81. The first-order valence-electron chi connectivity index (χ1n) is 9.96. The van der Waals surface area contributed by atoms with Gasteiger partial charge in [-0.3, -0.25) is 9.48 Å². The number of esters is 1. The topological polar surface area (TPSA) is 74.3 Å². The largest absolute Gasteiger partial charge is 0.461 e. The Kier molecular flexibility index (Phi) is 6.20. The Morgan fingerprint density at radius 2 is 1.97 bits per heavy atom. The van der Waals surface area contributed by atoms with Gasteiger partial charge in [-0.25, -0.2) is 4.79 Å². The lowest BCUT2D eigenvalue weighted by Crippen LogP contribution is -2.10. The predicted molar refractivity (Wildman–Crippen MR) is 112 cm³/mol. The Labute approximate surface area is 170 Å². The number of aromatic nitrogens is 2. The highest BCUT2D eigenvalue weighted by Gasteiger charge is 2.15. The molecule has 0 aliphatic rings. The highest BCUT2D eigenvalue weighted by atomic mass is 16.5. The van der Waals surface area contributed by atoms with E-state index in [2.05, 4.69) is 18.9 Å². The molecule has 6 heteroatoms. The molecule has 2 aromatic heterocycles.